The predicted octanol–water partition coefficient (Wildman–Crippen LogP) is 3.85. The Labute approximate surface area is 197 Å². The van der Waals surface area contributed by atoms with Crippen LogP contribution >= 0.6 is 0 Å². The summed E-state index contributed by atoms with van der Waals surface area (Å²) in [4.78, 5) is 16.2. The number of piperidine rings is 1. The van der Waals surface area contributed by atoms with Gasteiger partial charge in [-0.25, -0.2) is 0 Å². The predicted molar refractivity (Wildman–Crippen MR) is 119 cm³/mol. The number of nitrogens with zero attached hydrogens (tertiary/aromatic N) is 2. The smallest absolute Gasteiger partial charge is 0.425 e. The molecule has 34 heavy (non-hydrogen) atoms. The third-order valence-corrected chi connectivity index (χ3v) is 8.54. The van der Waals surface area contributed by atoms with Crippen molar-refractivity contribution in [2.45, 2.75) is 87.9 Å². The van der Waals surface area contributed by atoms with E-state index < -0.39 is 24.1 Å². The molecule has 2 saturated carbocycles. The molecule has 1 aromatic rings. The van der Waals surface area contributed by atoms with Gasteiger partial charge in [0.15, 0.2) is 6.10 Å². The van der Waals surface area contributed by atoms with Crippen molar-refractivity contribution in [1.82, 2.24) is 4.90 Å². The van der Waals surface area contributed by atoms with Crippen molar-refractivity contribution in [2.24, 2.45) is 11.8 Å². The summed E-state index contributed by atoms with van der Waals surface area (Å²) in [7, 11) is 0. The molecule has 5 atom stereocenters. The van der Waals surface area contributed by atoms with E-state index in [1.807, 2.05) is 9.80 Å². The number of fused-ring (bicyclic) bond motifs is 1. The van der Waals surface area contributed by atoms with Crippen LogP contribution in [0, 0.1) is 11.8 Å². The highest BCUT2D eigenvalue weighted by Crippen LogP contribution is 2.52. The lowest BCUT2D eigenvalue weighted by atomic mass is 9.67. The fourth-order valence-electron chi connectivity index (χ4n) is 6.25. The van der Waals surface area contributed by atoms with Gasteiger partial charge in [0.2, 0.25) is 5.91 Å². The Hall–Kier alpha value is -2.00. The maximum atomic E-state index is 12.8. The maximum Gasteiger partial charge on any atom is 0.425 e. The van der Waals surface area contributed by atoms with Crippen molar-refractivity contribution in [3.63, 3.8) is 0 Å². The molecule has 2 saturated heterocycles. The normalized spacial score (nSPS) is 33.7. The number of hydrogen-bond acceptors (Lipinski definition) is 5. The third kappa shape index (κ3) is 4.37. The second-order valence-corrected chi connectivity index (χ2v) is 10.8. The fraction of sp³-hybridized carbons (Fsp3) is 0.720. The first kappa shape index (κ1) is 23.7. The molecule has 1 spiro atoms. The molecule has 2 aliphatic heterocycles. The Bertz CT molecular complexity index is 920. The van der Waals surface area contributed by atoms with Crippen LogP contribution in [-0.4, -0.2) is 63.8 Å². The molecular formula is C25H33F3N2O4. The van der Waals surface area contributed by atoms with Crippen LogP contribution < -0.4 is 9.64 Å². The van der Waals surface area contributed by atoms with Crippen molar-refractivity contribution in [1.29, 1.82) is 0 Å². The highest BCUT2D eigenvalue weighted by Gasteiger charge is 2.57. The minimum absolute atomic E-state index is 0.0334. The summed E-state index contributed by atoms with van der Waals surface area (Å²) in [5.74, 6) is 0.405. The SMILES string of the molecule is C[C@@H](Oc1ccc(N2CC[C@H]3CC[C@@](O)(CN4C(=O)CCC45CC5)CC3C2O)cc1)C(F)(F)F. The Morgan fingerprint density at radius 1 is 1.15 bits per heavy atom. The van der Waals surface area contributed by atoms with Gasteiger partial charge < -0.3 is 24.7 Å². The molecule has 2 aliphatic carbocycles. The van der Waals surface area contributed by atoms with E-state index in [-0.39, 0.29) is 23.1 Å². The zero-order valence-corrected chi connectivity index (χ0v) is 19.4. The second kappa shape index (κ2) is 8.29. The zero-order valence-electron chi connectivity index (χ0n) is 19.4. The van der Waals surface area contributed by atoms with E-state index in [0.717, 1.165) is 39.0 Å². The standard InChI is InChI=1S/C25H33F3N2O4/c1-16(25(26,27)28)34-19-4-2-18(3-5-19)29-13-8-17-6-10-24(33,14-20(17)22(29)32)15-30-21(31)7-9-23(30)11-12-23/h2-5,16-17,20,22,32-33H,6-15H2,1H3/t16-,17-,20?,22?,24+/m1/s1. The molecule has 2 N–H and O–H groups in total. The molecule has 188 valence electrons. The van der Waals surface area contributed by atoms with E-state index in [9.17, 15) is 28.2 Å². The van der Waals surface area contributed by atoms with E-state index in [1.54, 1.807) is 12.1 Å². The number of ether oxygens (including phenoxy) is 1. The van der Waals surface area contributed by atoms with Crippen LogP contribution in [0.4, 0.5) is 18.9 Å². The number of hydrogen-bond donors (Lipinski definition) is 2. The maximum absolute atomic E-state index is 12.8. The number of carbonyl (C=O) groups excluding carboxylic acids is 1. The van der Waals surface area contributed by atoms with Gasteiger partial charge in [-0.05, 0) is 82.1 Å². The molecule has 0 aromatic heterocycles. The number of carbonyl (C=O) groups is 1. The molecule has 6 nitrogen and oxygen atoms in total. The highest BCUT2D eigenvalue weighted by atomic mass is 19.4. The molecule has 2 heterocycles. The van der Waals surface area contributed by atoms with Crippen LogP contribution in [0.1, 0.15) is 58.3 Å². The number of likely N-dealkylation sites (tertiary alicyclic amines) is 1. The number of anilines is 1. The molecule has 4 aliphatic rings. The van der Waals surface area contributed by atoms with Crippen molar-refractivity contribution < 1.29 is 32.9 Å². The average molecular weight is 483 g/mol. The van der Waals surface area contributed by atoms with Crippen LogP contribution in [0.5, 0.6) is 5.75 Å². The van der Waals surface area contributed by atoms with Crippen LogP contribution in [0.25, 0.3) is 0 Å². The van der Waals surface area contributed by atoms with Gasteiger partial charge in [0.1, 0.15) is 12.0 Å². The largest absolute Gasteiger partial charge is 0.481 e. The first-order chi connectivity index (χ1) is 16.0. The summed E-state index contributed by atoms with van der Waals surface area (Å²) >= 11 is 0. The summed E-state index contributed by atoms with van der Waals surface area (Å²) in [6.07, 6.45) is -0.954. The number of aliphatic hydroxyl groups excluding tert-OH is 1. The molecule has 0 bridgehead atoms. The minimum Gasteiger partial charge on any atom is -0.481 e. The second-order valence-electron chi connectivity index (χ2n) is 10.8. The number of β-amino-alcohol motifs (C(OH)–C–C–N with tert-alkyl or cyclic N) is 1. The van der Waals surface area contributed by atoms with E-state index in [4.69, 9.17) is 4.74 Å². The monoisotopic (exact) mass is 482 g/mol. The molecule has 0 radical (unpaired) electrons. The Morgan fingerprint density at radius 3 is 2.50 bits per heavy atom. The van der Waals surface area contributed by atoms with Gasteiger partial charge in [0.05, 0.1) is 5.60 Å². The summed E-state index contributed by atoms with van der Waals surface area (Å²) in [6, 6.07) is 6.30. The Balaban J connectivity index is 1.26. The molecule has 1 aromatic carbocycles. The number of aliphatic hydroxyl groups is 2. The summed E-state index contributed by atoms with van der Waals surface area (Å²) in [5.41, 5.74) is -0.334. The molecule has 1 amide bonds. The molecule has 5 rings (SSSR count). The van der Waals surface area contributed by atoms with Gasteiger partial charge >= 0.3 is 6.18 Å². The molecule has 2 unspecified atom stereocenters. The van der Waals surface area contributed by atoms with Gasteiger partial charge in [-0.3, -0.25) is 4.79 Å². The molecule has 9 heteroatoms. The van der Waals surface area contributed by atoms with Gasteiger partial charge in [-0.1, -0.05) is 0 Å². The summed E-state index contributed by atoms with van der Waals surface area (Å²) in [6.45, 7) is 1.94. The van der Waals surface area contributed by atoms with Gasteiger partial charge in [0, 0.05) is 36.7 Å². The molecule has 4 fully saturated rings. The van der Waals surface area contributed by atoms with Crippen molar-refractivity contribution >= 4 is 11.6 Å². The quantitative estimate of drug-likeness (QED) is 0.667. The lowest BCUT2D eigenvalue weighted by Crippen LogP contribution is -2.57. The van der Waals surface area contributed by atoms with E-state index in [1.165, 1.54) is 12.1 Å². The van der Waals surface area contributed by atoms with Crippen LogP contribution in [-0.2, 0) is 4.79 Å². The number of alkyl halides is 3. The number of rotatable bonds is 5. The first-order valence-corrected chi connectivity index (χ1v) is 12.3. The van der Waals surface area contributed by atoms with Crippen LogP contribution in [0.3, 0.4) is 0 Å². The number of amides is 1. The zero-order chi connectivity index (χ0) is 24.3. The molecular weight excluding hydrogens is 449 g/mol. The van der Waals surface area contributed by atoms with Gasteiger partial charge in [-0.15, -0.1) is 0 Å². The average Bonchev–Trinajstić information content (AvgIpc) is 3.51. The number of halogens is 3. The van der Waals surface area contributed by atoms with Gasteiger partial charge in [0.25, 0.3) is 0 Å². The fourth-order valence-corrected chi connectivity index (χ4v) is 6.25. The summed E-state index contributed by atoms with van der Waals surface area (Å²) in [5, 5.41) is 22.7. The Morgan fingerprint density at radius 2 is 1.85 bits per heavy atom. The van der Waals surface area contributed by atoms with Crippen LogP contribution in [0.2, 0.25) is 0 Å². The third-order valence-electron chi connectivity index (χ3n) is 8.54. The van der Waals surface area contributed by atoms with Crippen molar-refractivity contribution in [3.05, 3.63) is 24.3 Å². The van der Waals surface area contributed by atoms with E-state index in [2.05, 4.69) is 0 Å². The van der Waals surface area contributed by atoms with E-state index in [0.29, 0.717) is 44.0 Å². The van der Waals surface area contributed by atoms with Crippen molar-refractivity contribution in [2.75, 3.05) is 18.0 Å². The lowest BCUT2D eigenvalue weighted by molar-refractivity contribution is -0.189. The van der Waals surface area contributed by atoms with E-state index >= 15 is 0 Å². The Kier molecular flexibility index (Phi) is 5.79. The number of benzene rings is 1. The van der Waals surface area contributed by atoms with Crippen molar-refractivity contribution in [3.8, 4) is 5.75 Å². The topological polar surface area (TPSA) is 73.2 Å². The van der Waals surface area contributed by atoms with Crippen LogP contribution in [0.15, 0.2) is 24.3 Å². The highest BCUT2D eigenvalue weighted by molar-refractivity contribution is 5.80. The first-order valence-electron chi connectivity index (χ1n) is 12.3. The minimum atomic E-state index is -4.44. The summed E-state index contributed by atoms with van der Waals surface area (Å²) < 4.78 is 43.3. The van der Waals surface area contributed by atoms with Gasteiger partial charge in [-0.2, -0.15) is 13.2 Å². The lowest BCUT2D eigenvalue weighted by Gasteiger charge is -2.51.